The molecule has 9 heavy (non-hydrogen) atoms. The zero-order valence-corrected chi connectivity index (χ0v) is 5.46. The number of carboxylic acids is 1. The van der Waals surface area contributed by atoms with E-state index in [-0.39, 0.29) is 0 Å². The molecule has 0 amide bonds. The van der Waals surface area contributed by atoms with Gasteiger partial charge in [0.2, 0.25) is 0 Å². The van der Waals surface area contributed by atoms with E-state index in [0.717, 1.165) is 0 Å². The van der Waals surface area contributed by atoms with Crippen LogP contribution in [0.15, 0.2) is 0 Å². The van der Waals surface area contributed by atoms with Crippen molar-refractivity contribution in [3.63, 3.8) is 0 Å². The highest BCUT2D eigenvalue weighted by atomic mass is 16.4. The summed E-state index contributed by atoms with van der Waals surface area (Å²) in [7, 11) is 0. The van der Waals surface area contributed by atoms with Gasteiger partial charge in [0.05, 0.1) is 5.60 Å². The van der Waals surface area contributed by atoms with E-state index in [4.69, 9.17) is 15.9 Å². The molecule has 0 heterocycles. The molecule has 0 fully saturated rings. The first kappa shape index (κ1) is 8.39. The summed E-state index contributed by atoms with van der Waals surface area (Å²) in [4.78, 5) is 10.1. The van der Waals surface area contributed by atoms with Crippen molar-refractivity contribution in [2.45, 2.75) is 25.5 Å². The number of carboxylic acid groups (broad SMARTS) is 1. The first-order valence-corrected chi connectivity index (χ1v) is 2.56. The minimum absolute atomic E-state index is 1.19. The Kier molecular flexibility index (Phi) is 2.17. The molecule has 0 aromatic rings. The molecule has 1 unspecified atom stereocenters. The maximum Gasteiger partial charge on any atom is 0.323 e. The number of rotatable bonds is 2. The lowest BCUT2D eigenvalue weighted by Gasteiger charge is -2.20. The van der Waals surface area contributed by atoms with Gasteiger partial charge in [0.1, 0.15) is 6.04 Å². The fourth-order valence-electron chi connectivity index (χ4n) is 0.302. The molecule has 54 valence electrons. The third-order valence-corrected chi connectivity index (χ3v) is 1.03. The van der Waals surface area contributed by atoms with E-state index in [0.29, 0.717) is 0 Å². The summed E-state index contributed by atoms with van der Waals surface area (Å²) in [6, 6.07) is -1.21. The Morgan fingerprint density at radius 3 is 2.00 bits per heavy atom. The van der Waals surface area contributed by atoms with Gasteiger partial charge in [-0.15, -0.1) is 0 Å². The van der Waals surface area contributed by atoms with Crippen molar-refractivity contribution >= 4 is 5.97 Å². The number of carbonyl (C=O) groups is 1. The molecule has 1 atom stereocenters. The van der Waals surface area contributed by atoms with E-state index in [1.165, 1.54) is 13.8 Å². The Morgan fingerprint density at radius 1 is 1.67 bits per heavy atom. The largest absolute Gasteiger partial charge is 0.480 e. The molecule has 4 heteroatoms. The molecule has 0 bridgehead atoms. The highest BCUT2D eigenvalue weighted by molar-refractivity contribution is 5.74. The van der Waals surface area contributed by atoms with Gasteiger partial charge in [-0.2, -0.15) is 0 Å². The Balaban J connectivity index is 4.04. The molecule has 0 spiro atoms. The Morgan fingerprint density at radius 2 is 2.00 bits per heavy atom. The fraction of sp³-hybridized carbons (Fsp3) is 0.800. The smallest absolute Gasteiger partial charge is 0.323 e. The van der Waals surface area contributed by atoms with Crippen molar-refractivity contribution in [2.24, 2.45) is 5.73 Å². The van der Waals surface area contributed by atoms with Crippen molar-refractivity contribution in [3.8, 4) is 0 Å². The second-order valence-corrected chi connectivity index (χ2v) is 2.47. The van der Waals surface area contributed by atoms with Gasteiger partial charge in [-0.25, -0.2) is 0 Å². The molecule has 0 rings (SSSR count). The van der Waals surface area contributed by atoms with Gasteiger partial charge in [-0.05, 0) is 13.8 Å². The lowest BCUT2D eigenvalue weighted by atomic mass is 10.0. The summed E-state index contributed by atoms with van der Waals surface area (Å²) in [5.74, 6) is -1.19. The maximum absolute atomic E-state index is 10.1. The monoisotopic (exact) mass is 133 g/mol. The van der Waals surface area contributed by atoms with Crippen LogP contribution in [0, 0.1) is 0 Å². The summed E-state index contributed by atoms with van der Waals surface area (Å²) < 4.78 is 0. The third-order valence-electron chi connectivity index (χ3n) is 1.03. The molecule has 0 aliphatic carbocycles. The molecule has 0 aliphatic rings. The number of aliphatic carboxylic acids is 1. The van der Waals surface area contributed by atoms with Crippen LogP contribution in [-0.2, 0) is 4.79 Å². The predicted molar refractivity (Wildman–Crippen MR) is 31.9 cm³/mol. The quantitative estimate of drug-likeness (QED) is 0.459. The van der Waals surface area contributed by atoms with E-state index in [2.05, 4.69) is 0 Å². The summed E-state index contributed by atoms with van der Waals surface area (Å²) >= 11 is 0. The van der Waals surface area contributed by atoms with Crippen LogP contribution in [0.25, 0.3) is 0 Å². The summed E-state index contributed by atoms with van der Waals surface area (Å²) in [5, 5.41) is 17.2. The average Bonchev–Trinajstić information content (AvgIpc) is 1.62. The highest BCUT2D eigenvalue weighted by Crippen LogP contribution is 2.04. The van der Waals surface area contributed by atoms with Crippen LogP contribution < -0.4 is 5.73 Å². The fourth-order valence-corrected chi connectivity index (χ4v) is 0.302. The second-order valence-electron chi connectivity index (χ2n) is 2.47. The molecule has 0 aromatic carbocycles. The van der Waals surface area contributed by atoms with Gasteiger partial charge in [-0.1, -0.05) is 0 Å². The summed E-state index contributed by atoms with van der Waals surface area (Å²) in [5.41, 5.74) is 3.70. The van der Waals surface area contributed by atoms with Crippen molar-refractivity contribution in [3.05, 3.63) is 0 Å². The molecule has 0 aromatic heterocycles. The molecule has 0 saturated heterocycles. The standard InChI is InChI=1S/C5H11NO3/c1-5(2,9)3(6)4(7)8/h3,9H,6H2,1-2H3,(H,7,8). The molecular formula is C5H11NO3. The molecule has 0 radical (unpaired) electrons. The van der Waals surface area contributed by atoms with Gasteiger partial charge < -0.3 is 15.9 Å². The predicted octanol–water partition coefficient (Wildman–Crippen LogP) is -0.831. The van der Waals surface area contributed by atoms with E-state index in [1.54, 1.807) is 0 Å². The van der Waals surface area contributed by atoms with E-state index < -0.39 is 17.6 Å². The van der Waals surface area contributed by atoms with Gasteiger partial charge in [0.25, 0.3) is 0 Å². The van der Waals surface area contributed by atoms with Crippen molar-refractivity contribution < 1.29 is 15.0 Å². The van der Waals surface area contributed by atoms with Crippen LogP contribution >= 0.6 is 0 Å². The maximum atomic E-state index is 10.1. The molecule has 0 aliphatic heterocycles. The minimum atomic E-state index is -1.34. The van der Waals surface area contributed by atoms with Crippen LogP contribution in [-0.4, -0.2) is 27.8 Å². The number of aliphatic hydroxyl groups is 1. The summed E-state index contributed by atoms with van der Waals surface area (Å²) in [6.45, 7) is 2.71. The van der Waals surface area contributed by atoms with Gasteiger partial charge >= 0.3 is 5.97 Å². The molecular weight excluding hydrogens is 122 g/mol. The zero-order chi connectivity index (χ0) is 7.65. The Labute approximate surface area is 53.3 Å². The molecule has 0 saturated carbocycles. The lowest BCUT2D eigenvalue weighted by molar-refractivity contribution is -0.143. The molecule has 4 nitrogen and oxygen atoms in total. The topological polar surface area (TPSA) is 83.5 Å². The van der Waals surface area contributed by atoms with E-state index >= 15 is 0 Å². The normalized spacial score (nSPS) is 15.1. The summed E-state index contributed by atoms with van der Waals surface area (Å²) in [6.07, 6.45) is 0. The van der Waals surface area contributed by atoms with Crippen LogP contribution in [0.4, 0.5) is 0 Å². The first-order valence-electron chi connectivity index (χ1n) is 2.56. The van der Waals surface area contributed by atoms with Crippen LogP contribution in [0.2, 0.25) is 0 Å². The van der Waals surface area contributed by atoms with Crippen molar-refractivity contribution in [1.82, 2.24) is 0 Å². The Hall–Kier alpha value is -0.610. The van der Waals surface area contributed by atoms with Crippen LogP contribution in [0.5, 0.6) is 0 Å². The number of hydrogen-bond donors (Lipinski definition) is 3. The van der Waals surface area contributed by atoms with Crippen LogP contribution in [0.1, 0.15) is 13.8 Å². The van der Waals surface area contributed by atoms with Gasteiger partial charge in [0, 0.05) is 0 Å². The van der Waals surface area contributed by atoms with Crippen molar-refractivity contribution in [1.29, 1.82) is 0 Å². The zero-order valence-electron chi connectivity index (χ0n) is 5.46. The Bertz CT molecular complexity index is 116. The molecule has 4 N–H and O–H groups in total. The van der Waals surface area contributed by atoms with Crippen molar-refractivity contribution in [2.75, 3.05) is 0 Å². The average molecular weight is 133 g/mol. The number of nitrogens with two attached hydrogens (primary N) is 1. The number of hydrogen-bond acceptors (Lipinski definition) is 3. The highest BCUT2D eigenvalue weighted by Gasteiger charge is 2.28. The van der Waals surface area contributed by atoms with Crippen LogP contribution in [0.3, 0.4) is 0 Å². The van der Waals surface area contributed by atoms with E-state index in [1.807, 2.05) is 0 Å². The first-order chi connectivity index (χ1) is 3.85. The van der Waals surface area contributed by atoms with Gasteiger partial charge in [-0.3, -0.25) is 4.79 Å². The van der Waals surface area contributed by atoms with E-state index in [9.17, 15) is 4.79 Å². The lowest BCUT2D eigenvalue weighted by Crippen LogP contribution is -2.48. The third kappa shape index (κ3) is 2.43. The minimum Gasteiger partial charge on any atom is -0.480 e. The van der Waals surface area contributed by atoms with Gasteiger partial charge in [0.15, 0.2) is 0 Å². The SMILES string of the molecule is CC(C)(O)C(N)C(=O)O. The second kappa shape index (κ2) is 2.33.